The van der Waals surface area contributed by atoms with Crippen LogP contribution in [0.1, 0.15) is 20.8 Å². The molecule has 0 aromatic carbocycles. The molecular formula is C16H26N6O2. The smallest absolute Gasteiger partial charge is 0.410 e. The number of carbonyl (C=O) groups excluding carboxylic acids is 1. The van der Waals surface area contributed by atoms with Gasteiger partial charge in [-0.2, -0.15) is 5.10 Å². The number of nitrogens with one attached hydrogen (secondary N) is 1. The Bertz CT molecular complexity index is 592. The molecule has 24 heavy (non-hydrogen) atoms. The molecular weight excluding hydrogens is 308 g/mol. The van der Waals surface area contributed by atoms with Crippen molar-refractivity contribution in [1.82, 2.24) is 24.9 Å². The van der Waals surface area contributed by atoms with E-state index >= 15 is 0 Å². The lowest BCUT2D eigenvalue weighted by Crippen LogP contribution is -2.57. The zero-order chi connectivity index (χ0) is 17.2. The average molecular weight is 334 g/mol. The Balaban J connectivity index is 1.46. The van der Waals surface area contributed by atoms with Crippen LogP contribution in [0.4, 0.5) is 4.79 Å². The van der Waals surface area contributed by atoms with Gasteiger partial charge in [-0.1, -0.05) is 0 Å². The Morgan fingerprint density at radius 1 is 1.42 bits per heavy atom. The topological polar surface area (TPSA) is 75.0 Å². The van der Waals surface area contributed by atoms with E-state index in [1.807, 2.05) is 37.7 Å². The van der Waals surface area contributed by atoms with E-state index < -0.39 is 5.60 Å². The van der Waals surface area contributed by atoms with Gasteiger partial charge in [0.15, 0.2) is 5.96 Å². The third-order valence-corrected chi connectivity index (χ3v) is 4.04. The second kappa shape index (κ2) is 6.70. The fourth-order valence-electron chi connectivity index (χ4n) is 2.94. The largest absolute Gasteiger partial charge is 0.444 e. The van der Waals surface area contributed by atoms with Crippen molar-refractivity contribution in [1.29, 1.82) is 0 Å². The molecule has 1 aromatic heterocycles. The van der Waals surface area contributed by atoms with E-state index in [-0.39, 0.29) is 12.1 Å². The number of amides is 1. The molecule has 1 unspecified atom stereocenters. The minimum atomic E-state index is -0.459. The predicted molar refractivity (Wildman–Crippen MR) is 90.8 cm³/mol. The molecule has 0 bridgehead atoms. The molecule has 3 heterocycles. The first-order valence-electron chi connectivity index (χ1n) is 8.43. The molecule has 132 valence electrons. The van der Waals surface area contributed by atoms with Crippen molar-refractivity contribution in [2.24, 2.45) is 4.99 Å². The summed E-state index contributed by atoms with van der Waals surface area (Å²) >= 11 is 0. The number of hydrogen-bond donors (Lipinski definition) is 1. The van der Waals surface area contributed by atoms with E-state index in [1.54, 1.807) is 11.1 Å². The van der Waals surface area contributed by atoms with Crippen molar-refractivity contribution in [2.75, 3.05) is 32.7 Å². The second-order valence-electron chi connectivity index (χ2n) is 7.13. The van der Waals surface area contributed by atoms with Crippen LogP contribution in [0.5, 0.6) is 0 Å². The van der Waals surface area contributed by atoms with Crippen LogP contribution in [0.15, 0.2) is 23.5 Å². The van der Waals surface area contributed by atoms with Crippen molar-refractivity contribution < 1.29 is 9.53 Å². The van der Waals surface area contributed by atoms with Gasteiger partial charge in [-0.15, -0.1) is 0 Å². The highest BCUT2D eigenvalue weighted by Gasteiger charge is 2.36. The molecule has 1 fully saturated rings. The number of nitrogens with zero attached hydrogens (tertiary/aromatic N) is 5. The van der Waals surface area contributed by atoms with Crippen LogP contribution in [-0.4, -0.2) is 76.0 Å². The van der Waals surface area contributed by atoms with Crippen LogP contribution in [-0.2, 0) is 11.3 Å². The number of aliphatic imine (C=N–C) groups is 1. The summed E-state index contributed by atoms with van der Waals surface area (Å²) in [6.07, 6.45) is 3.49. The third-order valence-electron chi connectivity index (χ3n) is 4.04. The van der Waals surface area contributed by atoms with E-state index in [0.717, 1.165) is 25.6 Å². The highest BCUT2D eigenvalue weighted by Crippen LogP contribution is 2.18. The molecule has 2 aliphatic heterocycles. The lowest BCUT2D eigenvalue weighted by molar-refractivity contribution is 0.0137. The summed E-state index contributed by atoms with van der Waals surface area (Å²) in [4.78, 5) is 20.8. The zero-order valence-electron chi connectivity index (χ0n) is 14.6. The highest BCUT2D eigenvalue weighted by atomic mass is 16.6. The Kier molecular flexibility index (Phi) is 4.64. The summed E-state index contributed by atoms with van der Waals surface area (Å²) < 4.78 is 7.35. The second-order valence-corrected chi connectivity index (χ2v) is 7.13. The zero-order valence-corrected chi connectivity index (χ0v) is 14.6. The maximum absolute atomic E-state index is 12.2. The lowest BCUT2D eigenvalue weighted by Gasteiger charge is -2.39. The quantitative estimate of drug-likeness (QED) is 0.883. The van der Waals surface area contributed by atoms with Crippen molar-refractivity contribution in [2.45, 2.75) is 39.0 Å². The predicted octanol–water partition coefficient (Wildman–Crippen LogP) is 0.764. The molecule has 1 saturated heterocycles. The van der Waals surface area contributed by atoms with Crippen LogP contribution < -0.4 is 5.32 Å². The fourth-order valence-corrected chi connectivity index (χ4v) is 2.94. The van der Waals surface area contributed by atoms with Crippen LogP contribution in [0.25, 0.3) is 0 Å². The van der Waals surface area contributed by atoms with Gasteiger partial charge >= 0.3 is 6.09 Å². The molecule has 0 spiro atoms. The Morgan fingerprint density at radius 3 is 2.96 bits per heavy atom. The molecule has 1 atom stereocenters. The maximum Gasteiger partial charge on any atom is 0.410 e. The molecule has 1 amide bonds. The van der Waals surface area contributed by atoms with Crippen molar-refractivity contribution in [3.8, 4) is 0 Å². The summed E-state index contributed by atoms with van der Waals surface area (Å²) in [6, 6.07) is 2.15. The average Bonchev–Trinajstić information content (AvgIpc) is 3.15. The normalized spacial score (nSPS) is 20.6. The number of carbonyl (C=O) groups is 1. The molecule has 0 saturated carbocycles. The standard InChI is InChI=1S/C16H26N6O2/c1-16(2,3)24-15(23)20-9-10-22-13(12-20)11-18-14(22)17-6-8-21-7-4-5-19-21/h4-5,7,13H,6,8-12H2,1-3H3,(H,17,18). The minimum Gasteiger partial charge on any atom is -0.444 e. The Labute approximate surface area is 142 Å². The first-order valence-corrected chi connectivity index (χ1v) is 8.43. The van der Waals surface area contributed by atoms with Crippen molar-refractivity contribution >= 4 is 12.1 Å². The first-order chi connectivity index (χ1) is 11.4. The van der Waals surface area contributed by atoms with E-state index in [2.05, 4.69) is 20.3 Å². The maximum atomic E-state index is 12.2. The van der Waals surface area contributed by atoms with Gasteiger partial charge in [-0.3, -0.25) is 9.67 Å². The fraction of sp³-hybridized carbons (Fsp3) is 0.688. The Morgan fingerprint density at radius 2 is 2.25 bits per heavy atom. The minimum absolute atomic E-state index is 0.234. The van der Waals surface area contributed by atoms with Crippen LogP contribution in [0.2, 0.25) is 0 Å². The molecule has 2 aliphatic rings. The molecule has 8 nitrogen and oxygen atoms in total. The van der Waals surface area contributed by atoms with E-state index in [4.69, 9.17) is 4.74 Å². The van der Waals surface area contributed by atoms with Gasteiger partial charge in [0.2, 0.25) is 0 Å². The number of guanidine groups is 1. The van der Waals surface area contributed by atoms with Crippen molar-refractivity contribution in [3.63, 3.8) is 0 Å². The number of aromatic nitrogens is 2. The summed E-state index contributed by atoms with van der Waals surface area (Å²) in [5, 5.41) is 7.57. The highest BCUT2D eigenvalue weighted by molar-refractivity contribution is 5.82. The van der Waals surface area contributed by atoms with Crippen LogP contribution in [0, 0.1) is 0 Å². The first kappa shape index (κ1) is 16.6. The van der Waals surface area contributed by atoms with Gasteiger partial charge in [0.1, 0.15) is 5.60 Å². The lowest BCUT2D eigenvalue weighted by atomic mass is 10.2. The van der Waals surface area contributed by atoms with Crippen LogP contribution >= 0.6 is 0 Å². The summed E-state index contributed by atoms with van der Waals surface area (Å²) in [5.74, 6) is 0.927. The van der Waals surface area contributed by atoms with Gasteiger partial charge in [-0.25, -0.2) is 4.79 Å². The summed E-state index contributed by atoms with van der Waals surface area (Å²) in [7, 11) is 0. The third kappa shape index (κ3) is 3.98. The molecule has 1 aromatic rings. The molecule has 0 radical (unpaired) electrons. The van der Waals surface area contributed by atoms with Gasteiger partial charge < -0.3 is 19.9 Å². The number of piperazine rings is 1. The number of rotatable bonds is 3. The van der Waals surface area contributed by atoms with Crippen LogP contribution in [0.3, 0.4) is 0 Å². The number of fused-ring (bicyclic) bond motifs is 1. The van der Waals surface area contributed by atoms with Crippen molar-refractivity contribution in [3.05, 3.63) is 18.5 Å². The molecule has 1 N–H and O–H groups in total. The Hall–Kier alpha value is -2.25. The van der Waals surface area contributed by atoms with Gasteiger partial charge in [0, 0.05) is 38.6 Å². The molecule has 0 aliphatic carbocycles. The SMILES string of the molecule is CC(C)(C)OC(=O)N1CCN2C(NCCn3cccn3)=NCC2C1. The monoisotopic (exact) mass is 334 g/mol. The van der Waals surface area contributed by atoms with Gasteiger partial charge in [-0.05, 0) is 26.8 Å². The van der Waals surface area contributed by atoms with E-state index in [1.165, 1.54) is 0 Å². The van der Waals surface area contributed by atoms with E-state index in [0.29, 0.717) is 19.6 Å². The van der Waals surface area contributed by atoms with Gasteiger partial charge in [0.05, 0.1) is 19.1 Å². The number of hydrogen-bond acceptors (Lipinski definition) is 6. The summed E-state index contributed by atoms with van der Waals surface area (Å²) in [5.41, 5.74) is -0.459. The van der Waals surface area contributed by atoms with Gasteiger partial charge in [0.25, 0.3) is 0 Å². The molecule has 3 rings (SSSR count). The summed E-state index contributed by atoms with van der Waals surface area (Å²) in [6.45, 7) is 10.0. The number of ether oxygens (including phenoxy) is 1. The van der Waals surface area contributed by atoms with E-state index in [9.17, 15) is 4.79 Å². The molecule has 8 heteroatoms.